The molecule has 1 fully saturated rings. The van der Waals surface area contributed by atoms with Gasteiger partial charge in [0.1, 0.15) is 5.76 Å². The van der Waals surface area contributed by atoms with Crippen molar-refractivity contribution in [3.8, 4) is 0 Å². The maximum atomic E-state index is 12.0. The number of carbonyl (C=O) groups is 3. The Kier molecular flexibility index (Phi) is 5.69. The normalized spacial score (nSPS) is 15.9. The van der Waals surface area contributed by atoms with Crippen LogP contribution in [0.15, 0.2) is 10.6 Å². The van der Waals surface area contributed by atoms with E-state index in [9.17, 15) is 14.4 Å². The van der Waals surface area contributed by atoms with Crippen molar-refractivity contribution in [1.29, 1.82) is 0 Å². The number of nitrogens with zero attached hydrogens (tertiary/aromatic N) is 2. The summed E-state index contributed by atoms with van der Waals surface area (Å²) in [4.78, 5) is 36.6. The number of rotatable bonds is 4. The van der Waals surface area contributed by atoms with E-state index in [1.165, 1.54) is 7.05 Å². The van der Waals surface area contributed by atoms with Gasteiger partial charge in [0.25, 0.3) is 5.91 Å². The molecule has 0 bridgehead atoms. The number of imide groups is 1. The average Bonchev–Trinajstić information content (AvgIpc) is 2.95. The quantitative estimate of drug-likeness (QED) is 0.696. The molecule has 1 aliphatic heterocycles. The summed E-state index contributed by atoms with van der Waals surface area (Å²) in [5.74, 6) is -0.00494. The SMILES string of the molecule is CNC(=O)NC(=O)CN1CCC(NC(=O)c2cc(C)on2)CC1. The van der Waals surface area contributed by atoms with Gasteiger partial charge in [-0.15, -0.1) is 0 Å². The van der Waals surface area contributed by atoms with Crippen molar-refractivity contribution in [2.24, 2.45) is 0 Å². The van der Waals surface area contributed by atoms with E-state index in [1.54, 1.807) is 13.0 Å². The smallest absolute Gasteiger partial charge is 0.321 e. The molecule has 23 heavy (non-hydrogen) atoms. The maximum Gasteiger partial charge on any atom is 0.321 e. The van der Waals surface area contributed by atoms with Crippen molar-refractivity contribution in [2.45, 2.75) is 25.8 Å². The second kappa shape index (κ2) is 7.73. The minimum absolute atomic E-state index is 0.0396. The standard InChI is InChI=1S/C14H21N5O4/c1-9-7-11(18-23-9)13(21)16-10-3-5-19(6-4-10)8-12(20)17-14(22)15-2/h7,10H,3-6,8H2,1-2H3,(H,16,21)(H2,15,17,20,22). The number of hydrogen-bond acceptors (Lipinski definition) is 6. The number of urea groups is 1. The molecule has 3 N–H and O–H groups in total. The van der Waals surface area contributed by atoms with Gasteiger partial charge in [-0.1, -0.05) is 5.16 Å². The van der Waals surface area contributed by atoms with Crippen molar-refractivity contribution in [3.63, 3.8) is 0 Å². The lowest BCUT2D eigenvalue weighted by molar-refractivity contribution is -0.121. The topological polar surface area (TPSA) is 117 Å². The van der Waals surface area contributed by atoms with E-state index in [4.69, 9.17) is 4.52 Å². The molecule has 0 spiro atoms. The molecule has 126 valence electrons. The van der Waals surface area contributed by atoms with Crippen LogP contribution in [0.2, 0.25) is 0 Å². The van der Waals surface area contributed by atoms with Gasteiger partial charge in [0.2, 0.25) is 5.91 Å². The van der Waals surface area contributed by atoms with E-state index in [0.29, 0.717) is 18.8 Å². The zero-order valence-corrected chi connectivity index (χ0v) is 13.2. The Morgan fingerprint density at radius 1 is 1.35 bits per heavy atom. The monoisotopic (exact) mass is 323 g/mol. The van der Waals surface area contributed by atoms with E-state index in [2.05, 4.69) is 21.1 Å². The van der Waals surface area contributed by atoms with Crippen LogP contribution in [0.1, 0.15) is 29.1 Å². The summed E-state index contributed by atoms with van der Waals surface area (Å²) in [5, 5.41) is 11.1. The third-order valence-electron chi connectivity index (χ3n) is 3.63. The number of aryl methyl sites for hydroxylation is 1. The van der Waals surface area contributed by atoms with E-state index < -0.39 is 6.03 Å². The molecule has 9 heteroatoms. The summed E-state index contributed by atoms with van der Waals surface area (Å²) in [6, 6.07) is 1.12. The number of carbonyl (C=O) groups excluding carboxylic acids is 3. The Labute approximate surface area is 133 Å². The van der Waals surface area contributed by atoms with Gasteiger partial charge in [-0.2, -0.15) is 0 Å². The highest BCUT2D eigenvalue weighted by Crippen LogP contribution is 2.11. The van der Waals surface area contributed by atoms with Crippen LogP contribution in [0, 0.1) is 6.92 Å². The second-order valence-corrected chi connectivity index (χ2v) is 5.47. The predicted molar refractivity (Wildman–Crippen MR) is 80.8 cm³/mol. The number of aromatic nitrogens is 1. The number of nitrogens with one attached hydrogen (secondary N) is 3. The van der Waals surface area contributed by atoms with Gasteiger partial charge in [0, 0.05) is 32.2 Å². The third kappa shape index (κ3) is 5.06. The van der Waals surface area contributed by atoms with Gasteiger partial charge in [-0.3, -0.25) is 19.8 Å². The molecule has 0 aliphatic carbocycles. The molecule has 1 aromatic rings. The summed E-state index contributed by atoms with van der Waals surface area (Å²) in [6.45, 7) is 3.23. The first-order valence-corrected chi connectivity index (χ1v) is 7.46. The van der Waals surface area contributed by atoms with Gasteiger partial charge >= 0.3 is 6.03 Å². The first-order chi connectivity index (χ1) is 11.0. The molecule has 0 radical (unpaired) electrons. The van der Waals surface area contributed by atoms with Crippen molar-refractivity contribution >= 4 is 17.8 Å². The molecule has 2 heterocycles. The first kappa shape index (κ1) is 16.9. The molecule has 0 aromatic carbocycles. The molecule has 1 saturated heterocycles. The number of likely N-dealkylation sites (tertiary alicyclic amines) is 1. The van der Waals surface area contributed by atoms with E-state index in [0.717, 1.165) is 12.8 Å². The lowest BCUT2D eigenvalue weighted by atomic mass is 10.0. The Hall–Kier alpha value is -2.42. The minimum atomic E-state index is -0.514. The summed E-state index contributed by atoms with van der Waals surface area (Å²) in [5.41, 5.74) is 0.273. The molecule has 1 aliphatic rings. The van der Waals surface area contributed by atoms with Gasteiger partial charge in [0.05, 0.1) is 6.54 Å². The summed E-state index contributed by atoms with van der Waals surface area (Å²) in [7, 11) is 1.45. The lowest BCUT2D eigenvalue weighted by Crippen LogP contribution is -2.49. The summed E-state index contributed by atoms with van der Waals surface area (Å²) < 4.78 is 4.88. The Bertz CT molecular complexity index is 577. The molecule has 4 amide bonds. The Balaban J connectivity index is 1.72. The highest BCUT2D eigenvalue weighted by Gasteiger charge is 2.23. The Morgan fingerprint density at radius 3 is 2.61 bits per heavy atom. The fraction of sp³-hybridized carbons (Fsp3) is 0.571. The van der Waals surface area contributed by atoms with Crippen LogP contribution in [0.3, 0.4) is 0 Å². The van der Waals surface area contributed by atoms with Crippen LogP contribution in [-0.2, 0) is 4.79 Å². The highest BCUT2D eigenvalue weighted by atomic mass is 16.5. The molecule has 0 atom stereocenters. The lowest BCUT2D eigenvalue weighted by Gasteiger charge is -2.31. The highest BCUT2D eigenvalue weighted by molar-refractivity contribution is 5.95. The Morgan fingerprint density at radius 2 is 2.04 bits per heavy atom. The molecule has 2 rings (SSSR count). The van der Waals surface area contributed by atoms with Crippen molar-refractivity contribution in [1.82, 2.24) is 26.0 Å². The molecule has 1 aromatic heterocycles. The second-order valence-electron chi connectivity index (χ2n) is 5.47. The van der Waals surface area contributed by atoms with Gasteiger partial charge in [-0.05, 0) is 19.8 Å². The van der Waals surface area contributed by atoms with Gasteiger partial charge in [-0.25, -0.2) is 4.79 Å². The van der Waals surface area contributed by atoms with Crippen LogP contribution in [0.5, 0.6) is 0 Å². The minimum Gasteiger partial charge on any atom is -0.361 e. The molecule has 0 saturated carbocycles. The molecule has 9 nitrogen and oxygen atoms in total. The van der Waals surface area contributed by atoms with E-state index >= 15 is 0 Å². The summed E-state index contributed by atoms with van der Waals surface area (Å²) >= 11 is 0. The van der Waals surface area contributed by atoms with Crippen molar-refractivity contribution in [3.05, 3.63) is 17.5 Å². The first-order valence-electron chi connectivity index (χ1n) is 7.46. The molecular formula is C14H21N5O4. The number of piperidine rings is 1. The van der Waals surface area contributed by atoms with Gasteiger partial charge in [0.15, 0.2) is 5.69 Å². The van der Waals surface area contributed by atoms with Crippen molar-refractivity contribution < 1.29 is 18.9 Å². The average molecular weight is 323 g/mol. The van der Waals surface area contributed by atoms with Gasteiger partial charge < -0.3 is 15.2 Å². The molecule has 0 unspecified atom stereocenters. The number of amides is 4. The van der Waals surface area contributed by atoms with Crippen LogP contribution < -0.4 is 16.0 Å². The largest absolute Gasteiger partial charge is 0.361 e. The fourth-order valence-electron chi connectivity index (χ4n) is 2.40. The zero-order chi connectivity index (χ0) is 16.8. The van der Waals surface area contributed by atoms with Crippen LogP contribution in [0.25, 0.3) is 0 Å². The van der Waals surface area contributed by atoms with Crippen LogP contribution >= 0.6 is 0 Å². The van der Waals surface area contributed by atoms with E-state index in [-0.39, 0.29) is 30.1 Å². The van der Waals surface area contributed by atoms with Crippen LogP contribution in [0.4, 0.5) is 4.79 Å². The van der Waals surface area contributed by atoms with E-state index in [1.807, 2.05) is 4.90 Å². The van der Waals surface area contributed by atoms with Crippen molar-refractivity contribution in [2.75, 3.05) is 26.7 Å². The molecular weight excluding hydrogens is 302 g/mol. The zero-order valence-electron chi connectivity index (χ0n) is 13.2. The fourth-order valence-corrected chi connectivity index (χ4v) is 2.40. The number of hydrogen-bond donors (Lipinski definition) is 3. The summed E-state index contributed by atoms with van der Waals surface area (Å²) in [6.07, 6.45) is 1.46. The maximum absolute atomic E-state index is 12.0. The van der Waals surface area contributed by atoms with Crippen LogP contribution in [-0.4, -0.2) is 60.6 Å². The predicted octanol–water partition coefficient (Wildman–Crippen LogP) is -0.367. The third-order valence-corrected chi connectivity index (χ3v) is 3.63.